The van der Waals surface area contributed by atoms with Gasteiger partial charge in [-0.2, -0.15) is 0 Å². The summed E-state index contributed by atoms with van der Waals surface area (Å²) in [6.07, 6.45) is 6.68. The molecule has 0 saturated heterocycles. The largest absolute Gasteiger partial charge is 0.330 e. The first-order chi connectivity index (χ1) is 8.29. The van der Waals surface area contributed by atoms with Crippen LogP contribution >= 0.6 is 27.7 Å². The van der Waals surface area contributed by atoms with E-state index in [0.717, 1.165) is 18.9 Å². The Morgan fingerprint density at radius 1 is 1.29 bits per heavy atom. The van der Waals surface area contributed by atoms with E-state index in [1.807, 2.05) is 11.8 Å². The summed E-state index contributed by atoms with van der Waals surface area (Å²) in [5.74, 6) is 2.21. The van der Waals surface area contributed by atoms with Crippen molar-refractivity contribution in [2.24, 2.45) is 11.7 Å². The van der Waals surface area contributed by atoms with Gasteiger partial charge in [0, 0.05) is 15.1 Å². The highest BCUT2D eigenvalue weighted by molar-refractivity contribution is 9.10. The van der Waals surface area contributed by atoms with Gasteiger partial charge in [0.25, 0.3) is 0 Å². The highest BCUT2D eigenvalue weighted by atomic mass is 79.9. The molecule has 2 N–H and O–H groups in total. The lowest BCUT2D eigenvalue weighted by Gasteiger charge is -2.10. The van der Waals surface area contributed by atoms with Crippen molar-refractivity contribution in [3.63, 3.8) is 0 Å². The lowest BCUT2D eigenvalue weighted by molar-refractivity contribution is 0.623. The molecule has 2 rings (SSSR count). The zero-order valence-electron chi connectivity index (χ0n) is 10.1. The molecule has 94 valence electrons. The molecule has 1 aliphatic rings. The number of benzene rings is 1. The maximum atomic E-state index is 5.57. The van der Waals surface area contributed by atoms with Gasteiger partial charge in [0.05, 0.1) is 0 Å². The maximum Gasteiger partial charge on any atom is 0.0313 e. The van der Waals surface area contributed by atoms with Gasteiger partial charge in [0.1, 0.15) is 0 Å². The Bertz CT molecular complexity index is 361. The molecule has 1 aromatic rings. The van der Waals surface area contributed by atoms with Gasteiger partial charge >= 0.3 is 0 Å². The van der Waals surface area contributed by atoms with Gasteiger partial charge < -0.3 is 5.73 Å². The second kappa shape index (κ2) is 6.81. The summed E-state index contributed by atoms with van der Waals surface area (Å²) >= 11 is 5.66. The molecule has 0 heterocycles. The zero-order valence-corrected chi connectivity index (χ0v) is 12.5. The van der Waals surface area contributed by atoms with E-state index >= 15 is 0 Å². The molecule has 0 unspecified atom stereocenters. The van der Waals surface area contributed by atoms with Crippen LogP contribution in [0.4, 0.5) is 0 Å². The Balaban J connectivity index is 1.91. The van der Waals surface area contributed by atoms with E-state index in [0.29, 0.717) is 0 Å². The topological polar surface area (TPSA) is 26.0 Å². The zero-order chi connectivity index (χ0) is 12.1. The number of rotatable bonds is 5. The minimum Gasteiger partial charge on any atom is -0.330 e. The first kappa shape index (κ1) is 13.4. The van der Waals surface area contributed by atoms with Crippen LogP contribution in [0.25, 0.3) is 0 Å². The standard InChI is InChI=1S/C14H20BrNS/c15-13-9-11(7-8-16)5-6-14(13)17-10-12-3-1-2-4-12/h5-6,9,12H,1-4,7-8,10,16H2. The van der Waals surface area contributed by atoms with Gasteiger partial charge in [-0.15, -0.1) is 11.8 Å². The van der Waals surface area contributed by atoms with Crippen molar-refractivity contribution >= 4 is 27.7 Å². The highest BCUT2D eigenvalue weighted by Gasteiger charge is 2.15. The summed E-state index contributed by atoms with van der Waals surface area (Å²) in [5.41, 5.74) is 6.89. The van der Waals surface area contributed by atoms with Crippen molar-refractivity contribution in [1.29, 1.82) is 0 Å². The average molecular weight is 314 g/mol. The molecule has 3 heteroatoms. The molecule has 1 saturated carbocycles. The van der Waals surface area contributed by atoms with E-state index in [4.69, 9.17) is 5.73 Å². The molecule has 1 nitrogen and oxygen atoms in total. The smallest absolute Gasteiger partial charge is 0.0313 e. The Morgan fingerprint density at radius 2 is 2.06 bits per heavy atom. The first-order valence-corrected chi connectivity index (χ1v) is 8.18. The molecule has 17 heavy (non-hydrogen) atoms. The molecule has 0 bridgehead atoms. The molecule has 1 fully saturated rings. The van der Waals surface area contributed by atoms with E-state index < -0.39 is 0 Å². The molecule has 0 spiro atoms. The summed E-state index contributed by atoms with van der Waals surface area (Å²) in [4.78, 5) is 1.37. The third kappa shape index (κ3) is 4.01. The number of thioether (sulfide) groups is 1. The molecule has 0 atom stereocenters. The fourth-order valence-corrected chi connectivity index (χ4v) is 4.25. The number of nitrogens with two attached hydrogens (primary N) is 1. The van der Waals surface area contributed by atoms with Crippen molar-refractivity contribution in [3.8, 4) is 0 Å². The van der Waals surface area contributed by atoms with Crippen LogP contribution in [0, 0.1) is 5.92 Å². The van der Waals surface area contributed by atoms with Crippen LogP contribution in [0.5, 0.6) is 0 Å². The van der Waals surface area contributed by atoms with Gasteiger partial charge in [-0.25, -0.2) is 0 Å². The number of halogens is 1. The van der Waals surface area contributed by atoms with Crippen LogP contribution in [0.1, 0.15) is 31.2 Å². The minimum atomic E-state index is 0.723. The van der Waals surface area contributed by atoms with Crippen molar-refractivity contribution < 1.29 is 0 Å². The molecular weight excluding hydrogens is 294 g/mol. The maximum absolute atomic E-state index is 5.57. The fourth-order valence-electron chi connectivity index (χ4n) is 2.37. The second-order valence-electron chi connectivity index (χ2n) is 4.76. The molecule has 0 radical (unpaired) electrons. The predicted octanol–water partition coefficient (Wildman–Crippen LogP) is 4.23. The quantitative estimate of drug-likeness (QED) is 0.823. The SMILES string of the molecule is NCCc1ccc(SCC2CCCC2)c(Br)c1. The lowest BCUT2D eigenvalue weighted by Crippen LogP contribution is -2.02. The summed E-state index contributed by atoms with van der Waals surface area (Å²) in [6.45, 7) is 0.723. The molecule has 0 amide bonds. The van der Waals surface area contributed by atoms with Crippen molar-refractivity contribution in [2.45, 2.75) is 37.0 Å². The Kier molecular flexibility index (Phi) is 5.39. The van der Waals surface area contributed by atoms with Gasteiger partial charge in [-0.05, 0) is 65.4 Å². The summed E-state index contributed by atoms with van der Waals surface area (Å²) in [7, 11) is 0. The summed E-state index contributed by atoms with van der Waals surface area (Å²) in [5, 5.41) is 0. The Labute approximate surface area is 117 Å². The third-order valence-corrected chi connectivity index (χ3v) is 5.60. The monoisotopic (exact) mass is 313 g/mol. The number of hydrogen-bond donors (Lipinski definition) is 1. The van der Waals surface area contributed by atoms with Gasteiger partial charge in [0.15, 0.2) is 0 Å². The van der Waals surface area contributed by atoms with Gasteiger partial charge in [-0.3, -0.25) is 0 Å². The molecule has 1 aromatic carbocycles. The van der Waals surface area contributed by atoms with Crippen LogP contribution in [-0.2, 0) is 6.42 Å². The molecule has 0 aromatic heterocycles. The molecule has 0 aliphatic heterocycles. The Hall–Kier alpha value is 0.01000. The second-order valence-corrected chi connectivity index (χ2v) is 6.68. The highest BCUT2D eigenvalue weighted by Crippen LogP contribution is 2.34. The first-order valence-electron chi connectivity index (χ1n) is 6.41. The summed E-state index contributed by atoms with van der Waals surface area (Å²) < 4.78 is 1.23. The van der Waals surface area contributed by atoms with E-state index in [-0.39, 0.29) is 0 Å². The van der Waals surface area contributed by atoms with E-state index in [1.54, 1.807) is 0 Å². The van der Waals surface area contributed by atoms with Crippen LogP contribution in [0.2, 0.25) is 0 Å². The fraction of sp³-hybridized carbons (Fsp3) is 0.571. The number of hydrogen-bond acceptors (Lipinski definition) is 2. The van der Waals surface area contributed by atoms with E-state index in [1.165, 1.54) is 46.4 Å². The van der Waals surface area contributed by atoms with Crippen LogP contribution in [-0.4, -0.2) is 12.3 Å². The average Bonchev–Trinajstić information content (AvgIpc) is 2.81. The third-order valence-electron chi connectivity index (χ3n) is 3.38. The predicted molar refractivity (Wildman–Crippen MR) is 79.6 cm³/mol. The lowest BCUT2D eigenvalue weighted by atomic mass is 10.1. The van der Waals surface area contributed by atoms with Crippen molar-refractivity contribution in [2.75, 3.05) is 12.3 Å². The molecular formula is C14H20BrNS. The van der Waals surface area contributed by atoms with Crippen molar-refractivity contribution in [3.05, 3.63) is 28.2 Å². The van der Waals surface area contributed by atoms with Gasteiger partial charge in [0.2, 0.25) is 0 Å². The van der Waals surface area contributed by atoms with Crippen LogP contribution in [0.3, 0.4) is 0 Å². The van der Waals surface area contributed by atoms with Crippen molar-refractivity contribution in [1.82, 2.24) is 0 Å². The van der Waals surface area contributed by atoms with E-state index in [2.05, 4.69) is 34.1 Å². The van der Waals surface area contributed by atoms with E-state index in [9.17, 15) is 0 Å². The van der Waals surface area contributed by atoms with Gasteiger partial charge in [-0.1, -0.05) is 18.9 Å². The van der Waals surface area contributed by atoms with Crippen LogP contribution < -0.4 is 5.73 Å². The van der Waals surface area contributed by atoms with Crippen LogP contribution in [0.15, 0.2) is 27.6 Å². The summed E-state index contributed by atoms with van der Waals surface area (Å²) in [6, 6.07) is 6.65. The normalized spacial score (nSPS) is 16.6. The minimum absolute atomic E-state index is 0.723. The molecule has 1 aliphatic carbocycles. The Morgan fingerprint density at radius 3 is 2.71 bits per heavy atom.